The maximum Gasteiger partial charge on any atom is 0.0809 e. The highest BCUT2D eigenvalue weighted by Gasteiger charge is 2.14. The maximum absolute atomic E-state index is 5.34. The highest BCUT2D eigenvalue weighted by atomic mass is 16.5. The standard InChI is InChI=1S/C8H14O2/c1-2-5-9-7-8-4-3-6-10-8/h2,8H,1,3-7H2/t8-/m0/s1. The molecule has 1 aliphatic rings. The van der Waals surface area contributed by atoms with Crippen LogP contribution in [0.3, 0.4) is 0 Å². The average Bonchev–Trinajstić information content (AvgIpc) is 2.41. The third-order valence-corrected chi connectivity index (χ3v) is 1.56. The third kappa shape index (κ3) is 2.50. The lowest BCUT2D eigenvalue weighted by atomic mass is 10.2. The number of hydrogen-bond acceptors (Lipinski definition) is 2. The van der Waals surface area contributed by atoms with Gasteiger partial charge in [0.15, 0.2) is 0 Å². The Kier molecular flexibility index (Phi) is 3.47. The van der Waals surface area contributed by atoms with Gasteiger partial charge in [-0.15, -0.1) is 6.58 Å². The Morgan fingerprint density at radius 1 is 1.70 bits per heavy atom. The van der Waals surface area contributed by atoms with Crippen LogP contribution in [-0.4, -0.2) is 25.9 Å². The van der Waals surface area contributed by atoms with Gasteiger partial charge in [0.25, 0.3) is 0 Å². The van der Waals surface area contributed by atoms with Crippen LogP contribution in [0.4, 0.5) is 0 Å². The second-order valence-electron chi connectivity index (χ2n) is 2.46. The summed E-state index contributed by atoms with van der Waals surface area (Å²) in [5.74, 6) is 0. The van der Waals surface area contributed by atoms with Crippen molar-refractivity contribution in [3.8, 4) is 0 Å². The summed E-state index contributed by atoms with van der Waals surface area (Å²) >= 11 is 0. The summed E-state index contributed by atoms with van der Waals surface area (Å²) in [7, 11) is 0. The van der Waals surface area contributed by atoms with E-state index in [1.165, 1.54) is 6.42 Å². The minimum absolute atomic E-state index is 0.347. The molecule has 58 valence electrons. The summed E-state index contributed by atoms with van der Waals surface area (Å²) in [4.78, 5) is 0. The Bertz CT molecular complexity index is 95.4. The van der Waals surface area contributed by atoms with Gasteiger partial charge in [-0.1, -0.05) is 6.08 Å². The minimum Gasteiger partial charge on any atom is -0.376 e. The molecule has 0 saturated carbocycles. The molecule has 0 aromatic heterocycles. The van der Waals surface area contributed by atoms with Crippen molar-refractivity contribution >= 4 is 0 Å². The highest BCUT2D eigenvalue weighted by Crippen LogP contribution is 2.11. The fourth-order valence-electron chi connectivity index (χ4n) is 1.06. The van der Waals surface area contributed by atoms with Crippen molar-refractivity contribution in [1.29, 1.82) is 0 Å². The molecule has 1 rings (SSSR count). The molecule has 1 heterocycles. The van der Waals surface area contributed by atoms with Crippen molar-refractivity contribution in [3.63, 3.8) is 0 Å². The molecule has 1 saturated heterocycles. The number of ether oxygens (including phenoxy) is 2. The first-order valence-corrected chi connectivity index (χ1v) is 3.73. The fraction of sp³-hybridized carbons (Fsp3) is 0.750. The average molecular weight is 142 g/mol. The first-order valence-electron chi connectivity index (χ1n) is 3.73. The van der Waals surface area contributed by atoms with Crippen molar-refractivity contribution < 1.29 is 9.47 Å². The number of hydrogen-bond donors (Lipinski definition) is 0. The van der Waals surface area contributed by atoms with E-state index in [2.05, 4.69) is 6.58 Å². The van der Waals surface area contributed by atoms with Gasteiger partial charge in [-0.3, -0.25) is 0 Å². The van der Waals surface area contributed by atoms with Gasteiger partial charge in [-0.25, -0.2) is 0 Å². The molecule has 0 N–H and O–H groups in total. The van der Waals surface area contributed by atoms with E-state index in [9.17, 15) is 0 Å². The van der Waals surface area contributed by atoms with Gasteiger partial charge in [0.1, 0.15) is 0 Å². The van der Waals surface area contributed by atoms with Crippen molar-refractivity contribution in [3.05, 3.63) is 12.7 Å². The van der Waals surface area contributed by atoms with Crippen LogP contribution in [-0.2, 0) is 9.47 Å². The zero-order valence-electron chi connectivity index (χ0n) is 6.21. The molecule has 0 aliphatic carbocycles. The van der Waals surface area contributed by atoms with Gasteiger partial charge in [-0.2, -0.15) is 0 Å². The Balaban J connectivity index is 1.96. The lowest BCUT2D eigenvalue weighted by Crippen LogP contribution is -2.13. The SMILES string of the molecule is C=CCOC[C@@H]1CCCO1. The lowest BCUT2D eigenvalue weighted by molar-refractivity contribution is 0.0267. The van der Waals surface area contributed by atoms with Crippen LogP contribution in [0.2, 0.25) is 0 Å². The predicted octanol–water partition coefficient (Wildman–Crippen LogP) is 1.37. The van der Waals surface area contributed by atoms with Crippen molar-refractivity contribution in [2.45, 2.75) is 18.9 Å². The molecule has 1 atom stereocenters. The second-order valence-corrected chi connectivity index (χ2v) is 2.46. The molecule has 1 fully saturated rings. The van der Waals surface area contributed by atoms with Crippen molar-refractivity contribution in [2.24, 2.45) is 0 Å². The second kappa shape index (κ2) is 4.47. The number of rotatable bonds is 4. The summed E-state index contributed by atoms with van der Waals surface area (Å²) in [5.41, 5.74) is 0. The van der Waals surface area contributed by atoms with Crippen LogP contribution < -0.4 is 0 Å². The van der Waals surface area contributed by atoms with Gasteiger partial charge >= 0.3 is 0 Å². The topological polar surface area (TPSA) is 18.5 Å². The van der Waals surface area contributed by atoms with Crippen LogP contribution >= 0.6 is 0 Å². The Hall–Kier alpha value is -0.340. The Morgan fingerprint density at radius 3 is 3.20 bits per heavy atom. The Labute approximate surface area is 61.8 Å². The monoisotopic (exact) mass is 142 g/mol. The molecule has 10 heavy (non-hydrogen) atoms. The van der Waals surface area contributed by atoms with Gasteiger partial charge in [0, 0.05) is 6.61 Å². The summed E-state index contributed by atoms with van der Waals surface area (Å²) < 4.78 is 10.6. The van der Waals surface area contributed by atoms with E-state index in [1.807, 2.05) is 0 Å². The van der Waals surface area contributed by atoms with E-state index < -0.39 is 0 Å². The fourth-order valence-corrected chi connectivity index (χ4v) is 1.06. The summed E-state index contributed by atoms with van der Waals surface area (Å²) in [6.45, 7) is 5.83. The molecule has 1 aliphatic heterocycles. The normalized spacial score (nSPS) is 25.0. The molecular formula is C8H14O2. The van der Waals surface area contributed by atoms with Gasteiger partial charge < -0.3 is 9.47 Å². The molecule has 2 nitrogen and oxygen atoms in total. The lowest BCUT2D eigenvalue weighted by Gasteiger charge is -2.07. The summed E-state index contributed by atoms with van der Waals surface area (Å²) in [5, 5.41) is 0. The summed E-state index contributed by atoms with van der Waals surface area (Å²) in [6, 6.07) is 0. The van der Waals surface area contributed by atoms with Crippen LogP contribution in [0.5, 0.6) is 0 Å². The first kappa shape index (κ1) is 7.76. The predicted molar refractivity (Wildman–Crippen MR) is 40.0 cm³/mol. The molecular weight excluding hydrogens is 128 g/mol. The van der Waals surface area contributed by atoms with Gasteiger partial charge in [0.05, 0.1) is 19.3 Å². The molecule has 2 heteroatoms. The highest BCUT2D eigenvalue weighted by molar-refractivity contribution is 4.67. The van der Waals surface area contributed by atoms with E-state index in [-0.39, 0.29) is 0 Å². The molecule has 0 aromatic rings. The largest absolute Gasteiger partial charge is 0.376 e. The zero-order chi connectivity index (χ0) is 7.23. The molecule has 0 bridgehead atoms. The van der Waals surface area contributed by atoms with Gasteiger partial charge in [-0.05, 0) is 12.8 Å². The van der Waals surface area contributed by atoms with Crippen molar-refractivity contribution in [2.75, 3.05) is 19.8 Å². The van der Waals surface area contributed by atoms with E-state index in [0.29, 0.717) is 12.7 Å². The van der Waals surface area contributed by atoms with Crippen LogP contribution in [0.1, 0.15) is 12.8 Å². The third-order valence-electron chi connectivity index (χ3n) is 1.56. The van der Waals surface area contributed by atoms with E-state index in [4.69, 9.17) is 9.47 Å². The minimum atomic E-state index is 0.347. The van der Waals surface area contributed by atoms with Crippen molar-refractivity contribution in [1.82, 2.24) is 0 Å². The van der Waals surface area contributed by atoms with Crippen LogP contribution in [0, 0.1) is 0 Å². The summed E-state index contributed by atoms with van der Waals surface area (Å²) in [6.07, 6.45) is 4.44. The maximum atomic E-state index is 5.34. The van der Waals surface area contributed by atoms with Gasteiger partial charge in [0.2, 0.25) is 0 Å². The smallest absolute Gasteiger partial charge is 0.0809 e. The molecule has 0 unspecified atom stereocenters. The molecule has 0 spiro atoms. The van der Waals surface area contributed by atoms with E-state index in [1.54, 1.807) is 6.08 Å². The Morgan fingerprint density at radius 2 is 2.60 bits per heavy atom. The molecule has 0 aromatic carbocycles. The van der Waals surface area contributed by atoms with E-state index >= 15 is 0 Å². The quantitative estimate of drug-likeness (QED) is 0.436. The van der Waals surface area contributed by atoms with Crippen LogP contribution in [0.15, 0.2) is 12.7 Å². The molecule has 0 radical (unpaired) electrons. The zero-order valence-corrected chi connectivity index (χ0v) is 6.21. The first-order chi connectivity index (χ1) is 4.93. The van der Waals surface area contributed by atoms with Crippen LogP contribution in [0.25, 0.3) is 0 Å². The molecule has 0 amide bonds. The van der Waals surface area contributed by atoms with E-state index in [0.717, 1.165) is 19.6 Å².